The van der Waals surface area contributed by atoms with E-state index in [-0.39, 0.29) is 29.0 Å². The summed E-state index contributed by atoms with van der Waals surface area (Å²) in [6, 6.07) is 17.9. The molecule has 0 unspecified atom stereocenters. The maximum atomic E-state index is 16.1. The number of carbonyl (C=O) groups excluding carboxylic acids is 2. The molecule has 1 N–H and O–H groups in total. The second kappa shape index (κ2) is 10.1. The average Bonchev–Trinajstić information content (AvgIpc) is 3.55. The van der Waals surface area contributed by atoms with Crippen molar-refractivity contribution in [2.45, 2.75) is 49.3 Å². The van der Waals surface area contributed by atoms with E-state index in [1.54, 1.807) is 36.4 Å². The molecule has 3 fully saturated rings. The lowest BCUT2D eigenvalue weighted by Crippen LogP contribution is -2.53. The second-order valence-electron chi connectivity index (χ2n) is 11.6. The number of ether oxygens (including phenoxy) is 1. The maximum absolute atomic E-state index is 16.1. The van der Waals surface area contributed by atoms with Gasteiger partial charge in [-0.1, -0.05) is 53.5 Å². The van der Waals surface area contributed by atoms with Crippen LogP contribution >= 0.6 is 23.2 Å². The van der Waals surface area contributed by atoms with Crippen LogP contribution in [0.15, 0.2) is 60.7 Å². The monoisotopic (exact) mass is 593 g/mol. The molecule has 2 saturated heterocycles. The highest BCUT2D eigenvalue weighted by Gasteiger charge is 2.69. The molecule has 1 amide bonds. The molecule has 3 aromatic carbocycles. The molecule has 0 radical (unpaired) electrons. The van der Waals surface area contributed by atoms with Crippen LogP contribution in [0, 0.1) is 11.7 Å². The Morgan fingerprint density at radius 2 is 1.88 bits per heavy atom. The van der Waals surface area contributed by atoms with Crippen molar-refractivity contribution in [1.29, 1.82) is 0 Å². The molecule has 6 nitrogen and oxygen atoms in total. The number of hydrogen-bond acceptors (Lipinski definition) is 5. The molecule has 1 aliphatic carbocycles. The summed E-state index contributed by atoms with van der Waals surface area (Å²) >= 11 is 12.7. The zero-order chi connectivity index (χ0) is 28.5. The fraction of sp³-hybridized carbons (Fsp3) is 0.375. The Hall–Kier alpha value is -2.97. The van der Waals surface area contributed by atoms with Gasteiger partial charge in [-0.2, -0.15) is 0 Å². The number of benzene rings is 3. The van der Waals surface area contributed by atoms with Crippen LogP contribution in [0.3, 0.4) is 0 Å². The number of esters is 1. The molecule has 0 aromatic heterocycles. The molecule has 0 bridgehead atoms. The van der Waals surface area contributed by atoms with Crippen molar-refractivity contribution >= 4 is 40.8 Å². The highest BCUT2D eigenvalue weighted by Crippen LogP contribution is 2.61. The van der Waals surface area contributed by atoms with E-state index < -0.39 is 17.3 Å². The number of carbonyl (C=O) groups is 2. The molecule has 212 valence electrons. The number of fused-ring (bicyclic) bond motifs is 3. The molecular weight excluding hydrogens is 564 g/mol. The second-order valence-corrected chi connectivity index (χ2v) is 12.5. The van der Waals surface area contributed by atoms with Crippen LogP contribution < -0.4 is 5.32 Å². The average molecular weight is 595 g/mol. The third-order valence-electron chi connectivity index (χ3n) is 9.39. The van der Waals surface area contributed by atoms with Gasteiger partial charge in [0, 0.05) is 53.9 Å². The lowest BCUT2D eigenvalue weighted by Gasteiger charge is -2.41. The summed E-state index contributed by atoms with van der Waals surface area (Å²) in [4.78, 5) is 31.1. The first-order chi connectivity index (χ1) is 19.8. The van der Waals surface area contributed by atoms with Crippen molar-refractivity contribution < 1.29 is 18.7 Å². The Morgan fingerprint density at radius 3 is 2.61 bits per heavy atom. The largest absolute Gasteiger partial charge is 0.465 e. The van der Waals surface area contributed by atoms with E-state index in [0.29, 0.717) is 34.3 Å². The van der Waals surface area contributed by atoms with E-state index in [4.69, 9.17) is 27.9 Å². The van der Waals surface area contributed by atoms with E-state index >= 15 is 4.39 Å². The number of likely N-dealkylation sites (tertiary alicyclic amines) is 2. The van der Waals surface area contributed by atoms with Gasteiger partial charge >= 0.3 is 5.97 Å². The van der Waals surface area contributed by atoms with Gasteiger partial charge in [0.05, 0.1) is 17.7 Å². The zero-order valence-electron chi connectivity index (χ0n) is 22.6. The number of nitrogens with one attached hydrogen (secondary N) is 1. The molecule has 4 aliphatic rings. The SMILES string of the molecule is COC(=O)c1ccc(CN2CC[C@H]3[C@@H]2[C@H](c2cccc(Cl)c2F)[C@]2(C(=O)Nc4cc(Cl)ccc42)N3CC2CC2)cc1. The van der Waals surface area contributed by atoms with Gasteiger partial charge in [-0.3, -0.25) is 14.6 Å². The third-order valence-corrected chi connectivity index (χ3v) is 9.92. The summed E-state index contributed by atoms with van der Waals surface area (Å²) in [5.41, 5.74) is 2.40. The van der Waals surface area contributed by atoms with Crippen LogP contribution in [-0.2, 0) is 21.6 Å². The fourth-order valence-corrected chi connectivity index (χ4v) is 7.87. The van der Waals surface area contributed by atoms with Crippen LogP contribution in [0.25, 0.3) is 0 Å². The van der Waals surface area contributed by atoms with E-state index in [2.05, 4.69) is 15.1 Å². The van der Waals surface area contributed by atoms with E-state index in [0.717, 1.165) is 43.5 Å². The molecule has 3 heterocycles. The fourth-order valence-electron chi connectivity index (χ4n) is 7.52. The van der Waals surface area contributed by atoms with Gasteiger partial charge < -0.3 is 10.1 Å². The number of nitrogens with zero attached hydrogens (tertiary/aromatic N) is 2. The Balaban J connectivity index is 1.38. The Bertz CT molecular complexity index is 1550. The minimum absolute atomic E-state index is 0.0423. The summed E-state index contributed by atoms with van der Waals surface area (Å²) in [6.45, 7) is 2.18. The molecule has 9 heteroatoms. The highest BCUT2D eigenvalue weighted by molar-refractivity contribution is 6.31. The smallest absolute Gasteiger partial charge is 0.337 e. The van der Waals surface area contributed by atoms with Gasteiger partial charge in [0.1, 0.15) is 11.4 Å². The first-order valence-corrected chi connectivity index (χ1v) is 14.8. The Kier molecular flexibility index (Phi) is 6.62. The summed E-state index contributed by atoms with van der Waals surface area (Å²) < 4.78 is 20.9. The molecule has 41 heavy (non-hydrogen) atoms. The topological polar surface area (TPSA) is 61.9 Å². The van der Waals surface area contributed by atoms with Crippen LogP contribution in [0.2, 0.25) is 10.0 Å². The third kappa shape index (κ3) is 4.20. The highest BCUT2D eigenvalue weighted by atomic mass is 35.5. The van der Waals surface area contributed by atoms with Crippen molar-refractivity contribution in [2.75, 3.05) is 25.5 Å². The molecule has 1 spiro atoms. The molecular formula is C32H30Cl2FN3O3. The lowest BCUT2D eigenvalue weighted by atomic mass is 9.73. The van der Waals surface area contributed by atoms with Gasteiger partial charge in [-0.05, 0) is 66.6 Å². The number of hydrogen-bond donors (Lipinski definition) is 1. The number of amides is 1. The normalized spacial score (nSPS) is 27.2. The number of rotatable bonds is 6. The summed E-state index contributed by atoms with van der Waals surface area (Å²) in [5.74, 6) is -0.996. The Morgan fingerprint density at radius 1 is 1.10 bits per heavy atom. The zero-order valence-corrected chi connectivity index (χ0v) is 24.1. The summed E-state index contributed by atoms with van der Waals surface area (Å²) in [6.07, 6.45) is 3.12. The molecule has 3 aromatic rings. The van der Waals surface area contributed by atoms with Crippen molar-refractivity contribution in [1.82, 2.24) is 9.80 Å². The van der Waals surface area contributed by atoms with Gasteiger partial charge in [0.15, 0.2) is 0 Å². The number of methoxy groups -OCH3 is 1. The molecule has 4 atom stereocenters. The molecule has 7 rings (SSSR count). The van der Waals surface area contributed by atoms with Gasteiger partial charge in [-0.25, -0.2) is 9.18 Å². The summed E-state index contributed by atoms with van der Waals surface area (Å²) in [5, 5.41) is 3.71. The van der Waals surface area contributed by atoms with E-state index in [9.17, 15) is 9.59 Å². The summed E-state index contributed by atoms with van der Waals surface area (Å²) in [7, 11) is 1.37. The van der Waals surface area contributed by atoms with Crippen LogP contribution in [-0.4, -0.2) is 54.0 Å². The first kappa shape index (κ1) is 26.9. The van der Waals surface area contributed by atoms with Gasteiger partial charge in [0.25, 0.3) is 0 Å². The van der Waals surface area contributed by atoms with Crippen molar-refractivity contribution in [3.05, 3.63) is 98.8 Å². The van der Waals surface area contributed by atoms with Crippen LogP contribution in [0.5, 0.6) is 0 Å². The number of halogens is 3. The van der Waals surface area contributed by atoms with E-state index in [1.807, 2.05) is 24.3 Å². The predicted octanol–water partition coefficient (Wildman–Crippen LogP) is 6.22. The maximum Gasteiger partial charge on any atom is 0.337 e. The van der Waals surface area contributed by atoms with Gasteiger partial charge in [-0.15, -0.1) is 0 Å². The van der Waals surface area contributed by atoms with Crippen molar-refractivity contribution in [3.63, 3.8) is 0 Å². The quantitative estimate of drug-likeness (QED) is 0.344. The minimum atomic E-state index is -1.10. The number of anilines is 1. The van der Waals surface area contributed by atoms with Crippen LogP contribution in [0.1, 0.15) is 52.2 Å². The van der Waals surface area contributed by atoms with E-state index in [1.165, 1.54) is 7.11 Å². The predicted molar refractivity (Wildman–Crippen MR) is 156 cm³/mol. The Labute approximate surface area is 248 Å². The molecule has 1 saturated carbocycles. The lowest BCUT2D eigenvalue weighted by molar-refractivity contribution is -0.128. The van der Waals surface area contributed by atoms with Crippen molar-refractivity contribution in [3.8, 4) is 0 Å². The first-order valence-electron chi connectivity index (χ1n) is 14.1. The van der Waals surface area contributed by atoms with Crippen molar-refractivity contribution in [2.24, 2.45) is 5.92 Å². The standard InChI is InChI=1S/C32H30Cl2FN3O3/c1-41-30(39)20-9-7-18(8-10-20)16-37-14-13-26-29(37)27(22-3-2-4-24(34)28(22)35)32(38(26)17-19-5-6-19)23-12-11-21(33)15-25(23)36-31(32)40/h2-4,7-12,15,19,26-27,29H,5-6,13-14,16-17H2,1H3,(H,36,40)/t26-,27-,29+,32+/m0/s1. The van der Waals surface area contributed by atoms with Crippen LogP contribution in [0.4, 0.5) is 10.1 Å². The minimum Gasteiger partial charge on any atom is -0.465 e. The molecule has 3 aliphatic heterocycles. The van der Waals surface area contributed by atoms with Gasteiger partial charge in [0.2, 0.25) is 5.91 Å².